The number of halogens is 2. The van der Waals surface area contributed by atoms with E-state index in [9.17, 15) is 9.18 Å². The summed E-state index contributed by atoms with van der Waals surface area (Å²) < 4.78 is 19.3. The number of hydrogen-bond acceptors (Lipinski definition) is 3. The van der Waals surface area contributed by atoms with Crippen LogP contribution in [0, 0.1) is 5.82 Å². The Bertz CT molecular complexity index is 847. The molecular weight excluding hydrogens is 307 g/mol. The summed E-state index contributed by atoms with van der Waals surface area (Å²) in [6.07, 6.45) is 2.45. The van der Waals surface area contributed by atoms with Gasteiger partial charge in [0.1, 0.15) is 17.6 Å². The summed E-state index contributed by atoms with van der Waals surface area (Å²) in [6.45, 7) is 1.60. The van der Waals surface area contributed by atoms with E-state index in [2.05, 4.69) is 9.97 Å². The van der Waals surface area contributed by atoms with Gasteiger partial charge >= 0.3 is 5.97 Å². The molecule has 0 aliphatic carbocycles. The fourth-order valence-corrected chi connectivity index (χ4v) is 2.44. The topological polar surface area (TPSA) is 55.0 Å². The van der Waals surface area contributed by atoms with E-state index in [-0.39, 0.29) is 10.6 Å². The highest BCUT2D eigenvalue weighted by atomic mass is 35.5. The summed E-state index contributed by atoms with van der Waals surface area (Å²) in [6, 6.07) is 7.91. The molecule has 0 bridgehead atoms. The number of H-pyrrole nitrogens is 1. The zero-order valence-electron chi connectivity index (χ0n) is 11.6. The number of aromatic nitrogens is 2. The summed E-state index contributed by atoms with van der Waals surface area (Å²) >= 11 is 5.75. The molecule has 3 rings (SSSR count). The Morgan fingerprint density at radius 1 is 1.36 bits per heavy atom. The number of pyridine rings is 1. The molecule has 22 heavy (non-hydrogen) atoms. The summed E-state index contributed by atoms with van der Waals surface area (Å²) in [5, 5.41) is 0.656. The van der Waals surface area contributed by atoms with Crippen LogP contribution in [0.3, 0.4) is 0 Å². The molecule has 1 aromatic carbocycles. The minimum atomic E-state index is -0.756. The van der Waals surface area contributed by atoms with Crippen molar-refractivity contribution in [3.63, 3.8) is 0 Å². The first kappa shape index (κ1) is 14.5. The van der Waals surface area contributed by atoms with Crippen molar-refractivity contribution in [3.8, 4) is 0 Å². The predicted molar refractivity (Wildman–Crippen MR) is 81.3 cm³/mol. The number of esters is 1. The van der Waals surface area contributed by atoms with Crippen molar-refractivity contribution in [3.05, 3.63) is 64.7 Å². The van der Waals surface area contributed by atoms with E-state index in [4.69, 9.17) is 16.3 Å². The number of carbonyl (C=O) groups excluding carboxylic acids is 1. The zero-order chi connectivity index (χ0) is 15.7. The van der Waals surface area contributed by atoms with Gasteiger partial charge in [0, 0.05) is 23.3 Å². The van der Waals surface area contributed by atoms with Crippen molar-refractivity contribution in [2.45, 2.75) is 13.0 Å². The Morgan fingerprint density at radius 2 is 2.18 bits per heavy atom. The van der Waals surface area contributed by atoms with Crippen LogP contribution < -0.4 is 0 Å². The first-order valence-corrected chi connectivity index (χ1v) is 7.02. The molecule has 112 valence electrons. The molecule has 0 fully saturated rings. The highest BCUT2D eigenvalue weighted by Gasteiger charge is 2.20. The number of hydrogen-bond donors (Lipinski definition) is 1. The number of benzene rings is 1. The van der Waals surface area contributed by atoms with Gasteiger partial charge in [-0.3, -0.25) is 0 Å². The zero-order valence-corrected chi connectivity index (χ0v) is 12.4. The van der Waals surface area contributed by atoms with Crippen molar-refractivity contribution in [1.29, 1.82) is 0 Å². The van der Waals surface area contributed by atoms with E-state index in [1.165, 1.54) is 18.3 Å². The maximum Gasteiger partial charge on any atom is 0.339 e. The molecule has 0 saturated heterocycles. The molecule has 2 aromatic heterocycles. The Morgan fingerprint density at radius 3 is 3.00 bits per heavy atom. The maximum atomic E-state index is 14.0. The van der Waals surface area contributed by atoms with E-state index in [0.717, 1.165) is 0 Å². The van der Waals surface area contributed by atoms with E-state index in [1.54, 1.807) is 31.3 Å². The Hall–Kier alpha value is -2.40. The smallest absolute Gasteiger partial charge is 0.339 e. The van der Waals surface area contributed by atoms with E-state index in [0.29, 0.717) is 16.6 Å². The van der Waals surface area contributed by atoms with Gasteiger partial charge in [0.15, 0.2) is 0 Å². The Kier molecular flexibility index (Phi) is 3.81. The van der Waals surface area contributed by atoms with Crippen molar-refractivity contribution in [1.82, 2.24) is 9.97 Å². The second kappa shape index (κ2) is 5.77. The lowest BCUT2D eigenvalue weighted by Gasteiger charge is -2.15. The average Bonchev–Trinajstić information content (AvgIpc) is 2.98. The molecule has 0 radical (unpaired) electrons. The van der Waals surface area contributed by atoms with Gasteiger partial charge in [0.05, 0.1) is 10.6 Å². The Balaban J connectivity index is 1.88. The average molecular weight is 319 g/mol. The van der Waals surface area contributed by atoms with Crippen LogP contribution in [0.1, 0.15) is 28.9 Å². The van der Waals surface area contributed by atoms with Crippen LogP contribution in [0.25, 0.3) is 11.0 Å². The largest absolute Gasteiger partial charge is 0.454 e. The summed E-state index contributed by atoms with van der Waals surface area (Å²) in [5.74, 6) is -1.12. The molecule has 0 aliphatic rings. The van der Waals surface area contributed by atoms with Crippen LogP contribution in [-0.2, 0) is 4.74 Å². The quantitative estimate of drug-likeness (QED) is 0.734. The van der Waals surface area contributed by atoms with Crippen molar-refractivity contribution in [2.75, 3.05) is 0 Å². The molecule has 0 amide bonds. The number of ether oxygens (including phenoxy) is 1. The van der Waals surface area contributed by atoms with Gasteiger partial charge in [-0.05, 0) is 25.1 Å². The molecule has 1 N–H and O–H groups in total. The predicted octanol–water partition coefficient (Wildman–Crippen LogP) is 4.27. The molecule has 0 aliphatic heterocycles. The third-order valence-electron chi connectivity index (χ3n) is 3.38. The molecular formula is C16H12ClFN2O2. The minimum Gasteiger partial charge on any atom is -0.454 e. The van der Waals surface area contributed by atoms with Gasteiger partial charge < -0.3 is 9.72 Å². The standard InChI is InChI=1S/C16H12ClFN2O2/c1-9(10-3-2-4-13(17)14(10)18)22-16(21)12-6-8-20-15-11(12)5-7-19-15/h2-9H,1H3,(H,19,20). The number of aromatic amines is 1. The highest BCUT2D eigenvalue weighted by Crippen LogP contribution is 2.27. The van der Waals surface area contributed by atoms with Crippen LogP contribution in [-0.4, -0.2) is 15.9 Å². The molecule has 3 aromatic rings. The number of rotatable bonds is 3. The maximum absolute atomic E-state index is 14.0. The second-order valence-electron chi connectivity index (χ2n) is 4.79. The highest BCUT2D eigenvalue weighted by molar-refractivity contribution is 6.30. The van der Waals surface area contributed by atoms with Gasteiger partial charge in [-0.2, -0.15) is 0 Å². The Labute approximate surface area is 130 Å². The van der Waals surface area contributed by atoms with Gasteiger partial charge in [0.25, 0.3) is 0 Å². The molecule has 0 saturated carbocycles. The number of fused-ring (bicyclic) bond motifs is 1. The van der Waals surface area contributed by atoms with Gasteiger partial charge in [-0.1, -0.05) is 23.7 Å². The minimum absolute atomic E-state index is 0.00247. The number of nitrogens with one attached hydrogen (secondary N) is 1. The van der Waals surface area contributed by atoms with Crippen LogP contribution in [0.5, 0.6) is 0 Å². The fraction of sp³-hybridized carbons (Fsp3) is 0.125. The SMILES string of the molecule is CC(OC(=O)c1ccnc2[nH]ccc12)c1cccc(Cl)c1F. The monoisotopic (exact) mass is 318 g/mol. The van der Waals surface area contributed by atoms with E-state index < -0.39 is 17.9 Å². The number of nitrogens with zero attached hydrogens (tertiary/aromatic N) is 1. The normalized spacial score (nSPS) is 12.3. The van der Waals surface area contributed by atoms with Crippen LogP contribution in [0.15, 0.2) is 42.7 Å². The summed E-state index contributed by atoms with van der Waals surface area (Å²) in [7, 11) is 0. The van der Waals surface area contributed by atoms with Crippen LogP contribution in [0.4, 0.5) is 4.39 Å². The molecule has 1 atom stereocenters. The number of carbonyl (C=O) groups is 1. The molecule has 0 spiro atoms. The fourth-order valence-electron chi connectivity index (χ4n) is 2.26. The molecule has 6 heteroatoms. The lowest BCUT2D eigenvalue weighted by atomic mass is 10.1. The van der Waals surface area contributed by atoms with Crippen LogP contribution >= 0.6 is 11.6 Å². The van der Waals surface area contributed by atoms with Crippen molar-refractivity contribution >= 4 is 28.6 Å². The summed E-state index contributed by atoms with van der Waals surface area (Å²) in [4.78, 5) is 19.3. The molecule has 4 nitrogen and oxygen atoms in total. The van der Waals surface area contributed by atoms with E-state index >= 15 is 0 Å². The van der Waals surface area contributed by atoms with Crippen LogP contribution in [0.2, 0.25) is 5.02 Å². The first-order valence-electron chi connectivity index (χ1n) is 6.65. The van der Waals surface area contributed by atoms with Crippen molar-refractivity contribution < 1.29 is 13.9 Å². The first-order chi connectivity index (χ1) is 10.6. The lowest BCUT2D eigenvalue weighted by Crippen LogP contribution is -2.11. The second-order valence-corrected chi connectivity index (χ2v) is 5.20. The third-order valence-corrected chi connectivity index (χ3v) is 3.68. The van der Waals surface area contributed by atoms with Gasteiger partial charge in [0.2, 0.25) is 0 Å². The molecule has 2 heterocycles. The molecule has 1 unspecified atom stereocenters. The lowest BCUT2D eigenvalue weighted by molar-refractivity contribution is 0.0333. The van der Waals surface area contributed by atoms with Gasteiger partial charge in [-0.25, -0.2) is 14.2 Å². The van der Waals surface area contributed by atoms with Gasteiger partial charge in [-0.15, -0.1) is 0 Å². The van der Waals surface area contributed by atoms with E-state index in [1.807, 2.05) is 0 Å². The summed E-state index contributed by atoms with van der Waals surface area (Å²) in [5.41, 5.74) is 1.21. The third kappa shape index (κ3) is 2.55. The van der Waals surface area contributed by atoms with Crippen molar-refractivity contribution in [2.24, 2.45) is 0 Å².